The van der Waals surface area contributed by atoms with Crippen LogP contribution in [0.25, 0.3) is 0 Å². The van der Waals surface area contributed by atoms with Crippen LogP contribution in [0.1, 0.15) is 59.2 Å². The van der Waals surface area contributed by atoms with Crippen molar-refractivity contribution in [1.29, 1.82) is 0 Å². The summed E-state index contributed by atoms with van der Waals surface area (Å²) in [6, 6.07) is 12.9. The van der Waals surface area contributed by atoms with Gasteiger partial charge in [0.25, 0.3) is 0 Å². The van der Waals surface area contributed by atoms with Crippen LogP contribution in [-0.4, -0.2) is 34.6 Å². The van der Waals surface area contributed by atoms with Crippen LogP contribution < -0.4 is 15.4 Å². The molecule has 2 atom stereocenters. The number of sulfonamides is 1. The summed E-state index contributed by atoms with van der Waals surface area (Å²) in [5, 5.41) is 6.28. The van der Waals surface area contributed by atoms with E-state index in [2.05, 4.69) is 21.4 Å². The predicted molar refractivity (Wildman–Crippen MR) is 149 cm³/mol. The van der Waals surface area contributed by atoms with E-state index in [1.54, 1.807) is 7.11 Å². The van der Waals surface area contributed by atoms with E-state index in [0.29, 0.717) is 25.6 Å². The summed E-state index contributed by atoms with van der Waals surface area (Å²) < 4.78 is 87.4. The maximum Gasteiger partial charge on any atom is 0.416 e. The molecule has 0 unspecified atom stereocenters. The first-order chi connectivity index (χ1) is 20.0. The van der Waals surface area contributed by atoms with E-state index >= 15 is 0 Å². The van der Waals surface area contributed by atoms with Gasteiger partial charge in [0.15, 0.2) is 0 Å². The molecule has 0 aromatic heterocycles. The van der Waals surface area contributed by atoms with E-state index < -0.39 is 50.8 Å². The Hall–Kier alpha value is -3.32. The molecule has 42 heavy (non-hydrogen) atoms. The Balaban J connectivity index is 1.51. The molecule has 0 radical (unpaired) electrons. The standard InChI is InChI=1S/C30H33F4N3O4S/c1-41-14-13-35-19-20-11-12-26-21(15-20)5-3-10-27(26)36-29(38)18-28(22-6-2-8-24(31)16-22)37-42(39,40)25-9-4-7-23(17-25)30(32,33)34/h2,4,6-9,11-12,15-17,27-28,35,37H,3,5,10,13-14,18-19H2,1H3,(H,36,38)/t27-,28-/m1/s1. The Morgan fingerprint density at radius 2 is 1.86 bits per heavy atom. The highest BCUT2D eigenvalue weighted by Crippen LogP contribution is 2.32. The zero-order valence-corrected chi connectivity index (χ0v) is 23.8. The Morgan fingerprint density at radius 1 is 1.07 bits per heavy atom. The lowest BCUT2D eigenvalue weighted by molar-refractivity contribution is -0.137. The minimum Gasteiger partial charge on any atom is -0.383 e. The first kappa shape index (κ1) is 31.6. The topological polar surface area (TPSA) is 96.5 Å². The van der Waals surface area contributed by atoms with Crippen molar-refractivity contribution in [3.8, 4) is 0 Å². The molecule has 0 fully saturated rings. The van der Waals surface area contributed by atoms with Crippen molar-refractivity contribution in [2.24, 2.45) is 0 Å². The van der Waals surface area contributed by atoms with Crippen molar-refractivity contribution >= 4 is 15.9 Å². The number of benzene rings is 3. The minimum atomic E-state index is -4.75. The first-order valence-electron chi connectivity index (χ1n) is 13.5. The highest BCUT2D eigenvalue weighted by Gasteiger charge is 2.33. The second-order valence-corrected chi connectivity index (χ2v) is 11.9. The van der Waals surface area contributed by atoms with Crippen molar-refractivity contribution in [1.82, 2.24) is 15.4 Å². The summed E-state index contributed by atoms with van der Waals surface area (Å²) in [4.78, 5) is 12.6. The summed E-state index contributed by atoms with van der Waals surface area (Å²) in [5.74, 6) is -1.14. The molecular weight excluding hydrogens is 574 g/mol. The van der Waals surface area contributed by atoms with Crippen LogP contribution >= 0.6 is 0 Å². The van der Waals surface area contributed by atoms with Crippen molar-refractivity contribution < 1.29 is 35.5 Å². The summed E-state index contributed by atoms with van der Waals surface area (Å²) in [5.41, 5.74) is 2.23. The molecule has 1 amide bonds. The molecule has 7 nitrogen and oxygen atoms in total. The van der Waals surface area contributed by atoms with E-state index in [9.17, 15) is 30.8 Å². The maximum atomic E-state index is 14.1. The molecule has 0 aliphatic heterocycles. The fraction of sp³-hybridized carbons (Fsp3) is 0.367. The number of aryl methyl sites for hydroxylation is 1. The van der Waals surface area contributed by atoms with Gasteiger partial charge >= 0.3 is 6.18 Å². The Bertz CT molecular complexity index is 1500. The molecule has 0 saturated carbocycles. The number of methoxy groups -OCH3 is 1. The molecule has 3 N–H and O–H groups in total. The van der Waals surface area contributed by atoms with Gasteiger partial charge in [-0.2, -0.15) is 13.2 Å². The summed E-state index contributed by atoms with van der Waals surface area (Å²) in [7, 11) is -2.87. The second kappa shape index (κ2) is 13.8. The Kier molecular flexibility index (Phi) is 10.4. The van der Waals surface area contributed by atoms with Gasteiger partial charge < -0.3 is 15.4 Å². The van der Waals surface area contributed by atoms with Gasteiger partial charge in [-0.25, -0.2) is 17.5 Å². The number of halogens is 4. The largest absolute Gasteiger partial charge is 0.416 e. The fourth-order valence-electron chi connectivity index (χ4n) is 5.02. The van der Waals surface area contributed by atoms with E-state index in [1.165, 1.54) is 18.2 Å². The quantitative estimate of drug-likeness (QED) is 0.195. The molecular formula is C30H33F4N3O4S. The van der Waals surface area contributed by atoms with Crippen molar-refractivity contribution in [3.63, 3.8) is 0 Å². The minimum absolute atomic E-state index is 0.162. The SMILES string of the molecule is COCCNCc1ccc2c(c1)CCC[C@H]2NC(=O)C[C@@H](NS(=O)(=O)c1cccc(C(F)(F)F)c1)c1cccc(F)c1. The third-order valence-electron chi connectivity index (χ3n) is 7.08. The second-order valence-electron chi connectivity index (χ2n) is 10.2. The molecule has 226 valence electrons. The lowest BCUT2D eigenvalue weighted by Crippen LogP contribution is -2.36. The van der Waals surface area contributed by atoms with E-state index in [4.69, 9.17) is 4.74 Å². The summed E-state index contributed by atoms with van der Waals surface area (Å²) in [6.07, 6.45) is -2.75. The smallest absolute Gasteiger partial charge is 0.383 e. The lowest BCUT2D eigenvalue weighted by atomic mass is 9.86. The van der Waals surface area contributed by atoms with Gasteiger partial charge in [0.1, 0.15) is 5.82 Å². The van der Waals surface area contributed by atoms with Gasteiger partial charge in [-0.3, -0.25) is 4.79 Å². The van der Waals surface area contributed by atoms with Crippen LogP contribution in [0.15, 0.2) is 71.6 Å². The number of fused-ring (bicyclic) bond motifs is 1. The van der Waals surface area contributed by atoms with Gasteiger partial charge in [0.05, 0.1) is 29.1 Å². The maximum absolute atomic E-state index is 14.1. The molecule has 3 aromatic carbocycles. The normalized spacial score (nSPS) is 16.1. The van der Waals surface area contributed by atoms with Gasteiger partial charge in [-0.1, -0.05) is 36.4 Å². The molecule has 12 heteroatoms. The van der Waals surface area contributed by atoms with Gasteiger partial charge in [0.2, 0.25) is 15.9 Å². The number of rotatable bonds is 12. The number of carbonyl (C=O) groups is 1. The number of ether oxygens (including phenoxy) is 1. The number of hydrogen-bond acceptors (Lipinski definition) is 5. The number of nitrogens with one attached hydrogen (secondary N) is 3. The highest BCUT2D eigenvalue weighted by molar-refractivity contribution is 7.89. The van der Waals surface area contributed by atoms with Crippen LogP contribution in [0.2, 0.25) is 0 Å². The molecule has 1 aliphatic carbocycles. The van der Waals surface area contributed by atoms with Crippen LogP contribution in [0.5, 0.6) is 0 Å². The molecule has 0 bridgehead atoms. The zero-order valence-electron chi connectivity index (χ0n) is 23.0. The third kappa shape index (κ3) is 8.37. The number of amides is 1. The highest BCUT2D eigenvalue weighted by atomic mass is 32.2. The molecule has 0 spiro atoms. The third-order valence-corrected chi connectivity index (χ3v) is 8.55. The average molecular weight is 608 g/mol. The van der Waals surface area contributed by atoms with Crippen LogP contribution in [0.4, 0.5) is 17.6 Å². The van der Waals surface area contributed by atoms with Gasteiger partial charge in [-0.15, -0.1) is 0 Å². The Labute approximate surface area is 242 Å². The van der Waals surface area contributed by atoms with Gasteiger partial charge in [0, 0.05) is 26.6 Å². The van der Waals surface area contributed by atoms with Crippen molar-refractivity contribution in [2.75, 3.05) is 20.3 Å². The Morgan fingerprint density at radius 3 is 2.60 bits per heavy atom. The molecule has 0 saturated heterocycles. The van der Waals surface area contributed by atoms with Crippen LogP contribution in [0.3, 0.4) is 0 Å². The van der Waals surface area contributed by atoms with E-state index in [1.807, 2.05) is 12.1 Å². The zero-order chi connectivity index (χ0) is 30.3. The van der Waals surface area contributed by atoms with Crippen molar-refractivity contribution in [2.45, 2.75) is 55.4 Å². The first-order valence-corrected chi connectivity index (χ1v) is 15.0. The number of carbonyl (C=O) groups excluding carboxylic acids is 1. The molecule has 1 aliphatic rings. The van der Waals surface area contributed by atoms with E-state index in [0.717, 1.165) is 60.3 Å². The molecule has 4 rings (SSSR count). The molecule has 3 aromatic rings. The summed E-state index contributed by atoms with van der Waals surface area (Å²) in [6.45, 7) is 2.00. The monoisotopic (exact) mass is 607 g/mol. The summed E-state index contributed by atoms with van der Waals surface area (Å²) >= 11 is 0. The van der Waals surface area contributed by atoms with E-state index in [-0.39, 0.29) is 11.6 Å². The van der Waals surface area contributed by atoms with Crippen LogP contribution in [-0.2, 0) is 38.7 Å². The van der Waals surface area contributed by atoms with Crippen LogP contribution in [0, 0.1) is 5.82 Å². The lowest BCUT2D eigenvalue weighted by Gasteiger charge is -2.28. The number of alkyl halides is 3. The number of hydrogen-bond donors (Lipinski definition) is 3. The van der Waals surface area contributed by atoms with Crippen molar-refractivity contribution in [3.05, 3.63) is 100 Å². The van der Waals surface area contributed by atoms with Gasteiger partial charge in [-0.05, 0) is 71.8 Å². The average Bonchev–Trinajstić information content (AvgIpc) is 2.94. The molecule has 0 heterocycles. The fourth-order valence-corrected chi connectivity index (χ4v) is 6.29. The predicted octanol–water partition coefficient (Wildman–Crippen LogP) is 5.18.